The number of amidine groups is 1. The number of benzene rings is 1. The van der Waals surface area contributed by atoms with Crippen molar-refractivity contribution in [3.8, 4) is 11.6 Å². The van der Waals surface area contributed by atoms with Gasteiger partial charge in [0, 0.05) is 5.69 Å². The Hall–Kier alpha value is -2.36. The molecule has 2 rings (SSSR count). The molecule has 0 amide bonds. The summed E-state index contributed by atoms with van der Waals surface area (Å²) in [5.74, 6) is 1.06. The van der Waals surface area contributed by atoms with Gasteiger partial charge in [0.05, 0.1) is 5.56 Å². The van der Waals surface area contributed by atoms with Crippen LogP contribution in [0.3, 0.4) is 0 Å². The van der Waals surface area contributed by atoms with Gasteiger partial charge in [-0.2, -0.15) is 0 Å². The predicted molar refractivity (Wildman–Crippen MR) is 76.0 cm³/mol. The third-order valence-electron chi connectivity index (χ3n) is 2.84. The fraction of sp³-hybridized carbons (Fsp3) is 0.200. The van der Waals surface area contributed by atoms with E-state index in [-0.39, 0.29) is 5.84 Å². The maximum absolute atomic E-state index is 7.57. The van der Waals surface area contributed by atoms with Crippen molar-refractivity contribution in [2.45, 2.75) is 20.8 Å². The summed E-state index contributed by atoms with van der Waals surface area (Å²) in [5.41, 5.74) is 9.01. The Morgan fingerprint density at radius 1 is 1.16 bits per heavy atom. The average Bonchev–Trinajstić information content (AvgIpc) is 2.33. The fourth-order valence-electron chi connectivity index (χ4n) is 1.74. The van der Waals surface area contributed by atoms with Gasteiger partial charge in [-0.25, -0.2) is 4.98 Å². The molecule has 0 aliphatic carbocycles. The molecule has 0 aliphatic heterocycles. The summed E-state index contributed by atoms with van der Waals surface area (Å²) in [6.07, 6.45) is 0. The maximum atomic E-state index is 7.57. The molecular weight excluding hydrogens is 238 g/mol. The highest BCUT2D eigenvalue weighted by atomic mass is 16.5. The first-order valence-electron chi connectivity index (χ1n) is 6.04. The zero-order valence-corrected chi connectivity index (χ0v) is 11.3. The molecule has 0 saturated carbocycles. The number of nitrogens with two attached hydrogens (primary N) is 1. The molecule has 0 saturated heterocycles. The first-order valence-corrected chi connectivity index (χ1v) is 6.04. The summed E-state index contributed by atoms with van der Waals surface area (Å²) in [5, 5.41) is 7.57. The van der Waals surface area contributed by atoms with Crippen LogP contribution in [0.4, 0.5) is 0 Å². The Labute approximate surface area is 112 Å². The second-order valence-electron chi connectivity index (χ2n) is 4.59. The first kappa shape index (κ1) is 13.1. The van der Waals surface area contributed by atoms with E-state index in [2.05, 4.69) is 4.98 Å². The van der Waals surface area contributed by atoms with E-state index in [1.165, 1.54) is 0 Å². The summed E-state index contributed by atoms with van der Waals surface area (Å²) >= 11 is 0. The lowest BCUT2D eigenvalue weighted by atomic mass is 10.1. The molecule has 1 aromatic carbocycles. The highest BCUT2D eigenvalue weighted by Crippen LogP contribution is 2.27. The lowest BCUT2D eigenvalue weighted by Crippen LogP contribution is -2.13. The van der Waals surface area contributed by atoms with E-state index in [1.54, 1.807) is 6.07 Å². The van der Waals surface area contributed by atoms with Crippen molar-refractivity contribution in [3.63, 3.8) is 0 Å². The van der Waals surface area contributed by atoms with Gasteiger partial charge in [0.2, 0.25) is 5.88 Å². The van der Waals surface area contributed by atoms with Crippen LogP contribution in [-0.2, 0) is 0 Å². The van der Waals surface area contributed by atoms with E-state index in [0.29, 0.717) is 11.4 Å². The van der Waals surface area contributed by atoms with Crippen LogP contribution in [0, 0.1) is 26.2 Å². The number of hydrogen-bond acceptors (Lipinski definition) is 3. The molecular formula is C15H17N3O. The molecule has 0 radical (unpaired) electrons. The summed E-state index contributed by atoms with van der Waals surface area (Å²) in [7, 11) is 0. The quantitative estimate of drug-likeness (QED) is 0.654. The number of aromatic nitrogens is 1. The van der Waals surface area contributed by atoms with Gasteiger partial charge in [-0.15, -0.1) is 0 Å². The molecule has 4 nitrogen and oxygen atoms in total. The number of pyridine rings is 1. The molecule has 1 aromatic heterocycles. The van der Waals surface area contributed by atoms with Gasteiger partial charge < -0.3 is 10.5 Å². The molecule has 1 heterocycles. The monoisotopic (exact) mass is 255 g/mol. The van der Waals surface area contributed by atoms with E-state index in [1.807, 2.05) is 45.0 Å². The SMILES string of the molecule is Cc1ccc(C)c(Oc2nc(C)ccc2C(=N)N)c1. The lowest BCUT2D eigenvalue weighted by molar-refractivity contribution is 0.456. The number of nitrogens with zero attached hydrogens (tertiary/aromatic N) is 1. The van der Waals surface area contributed by atoms with Crippen LogP contribution in [0.25, 0.3) is 0 Å². The molecule has 0 unspecified atom stereocenters. The number of nitrogen functional groups attached to an aromatic ring is 1. The molecule has 0 spiro atoms. The molecule has 2 aromatic rings. The van der Waals surface area contributed by atoms with Crippen LogP contribution >= 0.6 is 0 Å². The smallest absolute Gasteiger partial charge is 0.230 e. The number of ether oxygens (including phenoxy) is 1. The van der Waals surface area contributed by atoms with Gasteiger partial charge in [0.1, 0.15) is 11.6 Å². The summed E-state index contributed by atoms with van der Waals surface area (Å²) in [6.45, 7) is 5.85. The Morgan fingerprint density at radius 2 is 1.89 bits per heavy atom. The zero-order chi connectivity index (χ0) is 14.0. The number of rotatable bonds is 3. The molecule has 98 valence electrons. The van der Waals surface area contributed by atoms with Crippen molar-refractivity contribution in [1.82, 2.24) is 4.98 Å². The summed E-state index contributed by atoms with van der Waals surface area (Å²) in [4.78, 5) is 4.32. The standard InChI is InChI=1S/C15H17N3O/c1-9-4-5-10(2)13(8-9)19-15-12(14(16)17)7-6-11(3)18-15/h4-8H,1-3H3,(H3,16,17). The number of hydrogen-bond donors (Lipinski definition) is 2. The van der Waals surface area contributed by atoms with E-state index in [0.717, 1.165) is 22.6 Å². The highest BCUT2D eigenvalue weighted by Gasteiger charge is 2.11. The van der Waals surface area contributed by atoms with Crippen molar-refractivity contribution in [2.24, 2.45) is 5.73 Å². The van der Waals surface area contributed by atoms with Crippen LogP contribution in [0.2, 0.25) is 0 Å². The average molecular weight is 255 g/mol. The molecule has 3 N–H and O–H groups in total. The van der Waals surface area contributed by atoms with Crippen molar-refractivity contribution in [1.29, 1.82) is 5.41 Å². The highest BCUT2D eigenvalue weighted by molar-refractivity contribution is 5.97. The molecule has 0 aliphatic rings. The fourth-order valence-corrected chi connectivity index (χ4v) is 1.74. The van der Waals surface area contributed by atoms with Gasteiger partial charge in [-0.3, -0.25) is 5.41 Å². The molecule has 0 atom stereocenters. The van der Waals surface area contributed by atoms with Gasteiger partial charge >= 0.3 is 0 Å². The van der Waals surface area contributed by atoms with Crippen LogP contribution in [0.15, 0.2) is 30.3 Å². The normalized spacial score (nSPS) is 10.3. The molecule has 0 bridgehead atoms. The Bertz CT molecular complexity index is 635. The van der Waals surface area contributed by atoms with Gasteiger partial charge in [0.15, 0.2) is 0 Å². The predicted octanol–water partition coefficient (Wildman–Crippen LogP) is 3.08. The second kappa shape index (κ2) is 5.10. The molecule has 19 heavy (non-hydrogen) atoms. The summed E-state index contributed by atoms with van der Waals surface area (Å²) < 4.78 is 5.83. The minimum Gasteiger partial charge on any atom is -0.438 e. The van der Waals surface area contributed by atoms with Crippen molar-refractivity contribution < 1.29 is 4.74 Å². The number of nitrogens with one attached hydrogen (secondary N) is 1. The van der Waals surface area contributed by atoms with Crippen molar-refractivity contribution in [2.75, 3.05) is 0 Å². The van der Waals surface area contributed by atoms with E-state index in [9.17, 15) is 0 Å². The molecule has 4 heteroatoms. The van der Waals surface area contributed by atoms with E-state index < -0.39 is 0 Å². The zero-order valence-electron chi connectivity index (χ0n) is 11.3. The van der Waals surface area contributed by atoms with E-state index in [4.69, 9.17) is 15.9 Å². The van der Waals surface area contributed by atoms with Crippen molar-refractivity contribution in [3.05, 3.63) is 52.7 Å². The summed E-state index contributed by atoms with van der Waals surface area (Å²) in [6, 6.07) is 9.53. The Morgan fingerprint density at radius 3 is 2.58 bits per heavy atom. The topological polar surface area (TPSA) is 72.0 Å². The number of aryl methyl sites for hydroxylation is 3. The maximum Gasteiger partial charge on any atom is 0.230 e. The minimum absolute atomic E-state index is 0.0483. The Kier molecular flexibility index (Phi) is 3.51. The molecule has 0 fully saturated rings. The first-order chi connectivity index (χ1) is 8.97. The van der Waals surface area contributed by atoms with Crippen LogP contribution in [0.1, 0.15) is 22.4 Å². The third kappa shape index (κ3) is 2.91. The minimum atomic E-state index is -0.0483. The van der Waals surface area contributed by atoms with Crippen LogP contribution in [-0.4, -0.2) is 10.8 Å². The second-order valence-corrected chi connectivity index (χ2v) is 4.59. The Balaban J connectivity index is 2.45. The van der Waals surface area contributed by atoms with E-state index >= 15 is 0 Å². The van der Waals surface area contributed by atoms with Gasteiger partial charge in [-0.1, -0.05) is 12.1 Å². The third-order valence-corrected chi connectivity index (χ3v) is 2.84. The van der Waals surface area contributed by atoms with Crippen molar-refractivity contribution >= 4 is 5.84 Å². The van der Waals surface area contributed by atoms with Gasteiger partial charge in [-0.05, 0) is 50.1 Å². The largest absolute Gasteiger partial charge is 0.438 e. The van der Waals surface area contributed by atoms with Gasteiger partial charge in [0.25, 0.3) is 0 Å². The van der Waals surface area contributed by atoms with Crippen LogP contribution in [0.5, 0.6) is 11.6 Å². The van der Waals surface area contributed by atoms with Crippen LogP contribution < -0.4 is 10.5 Å². The lowest BCUT2D eigenvalue weighted by Gasteiger charge is -2.12.